The fourth-order valence-electron chi connectivity index (χ4n) is 3.03. The molecule has 0 aliphatic carbocycles. The number of methoxy groups -OCH3 is 1. The van der Waals surface area contributed by atoms with Crippen LogP contribution in [0, 0.1) is 0 Å². The van der Waals surface area contributed by atoms with Crippen molar-refractivity contribution in [1.82, 2.24) is 5.32 Å². The molecule has 33 heavy (non-hydrogen) atoms. The van der Waals surface area contributed by atoms with Crippen molar-refractivity contribution in [3.8, 4) is 16.9 Å². The second kappa shape index (κ2) is 10.2. The maximum atomic E-state index is 12.7. The first-order valence-corrected chi connectivity index (χ1v) is 9.85. The number of alkyl halides is 3. The molecular formula is C24H21F3N2O4. The van der Waals surface area contributed by atoms with Crippen LogP contribution in [0.2, 0.25) is 0 Å². The minimum atomic E-state index is -4.41. The maximum Gasteiger partial charge on any atom is 0.416 e. The Labute approximate surface area is 188 Å². The number of rotatable bonds is 7. The second-order valence-electron chi connectivity index (χ2n) is 7.08. The van der Waals surface area contributed by atoms with E-state index in [0.29, 0.717) is 22.6 Å². The third-order valence-corrected chi connectivity index (χ3v) is 4.83. The molecule has 3 aromatic rings. The molecule has 2 amide bonds. The number of hydrogen-bond donors (Lipinski definition) is 3. The van der Waals surface area contributed by atoms with Gasteiger partial charge in [-0.25, -0.2) is 0 Å². The molecule has 0 fully saturated rings. The molecule has 0 heterocycles. The Morgan fingerprint density at radius 1 is 0.970 bits per heavy atom. The van der Waals surface area contributed by atoms with E-state index in [0.717, 1.165) is 12.1 Å². The van der Waals surface area contributed by atoms with E-state index >= 15 is 0 Å². The first-order valence-electron chi connectivity index (χ1n) is 9.85. The van der Waals surface area contributed by atoms with E-state index in [1.807, 2.05) is 0 Å². The number of halogens is 3. The van der Waals surface area contributed by atoms with Crippen LogP contribution in [0.1, 0.15) is 15.9 Å². The molecule has 172 valence electrons. The van der Waals surface area contributed by atoms with Gasteiger partial charge in [-0.3, -0.25) is 9.59 Å². The van der Waals surface area contributed by atoms with Crippen molar-refractivity contribution in [2.75, 3.05) is 19.0 Å². The lowest BCUT2D eigenvalue weighted by atomic mass is 10.0. The van der Waals surface area contributed by atoms with Gasteiger partial charge in [-0.05, 0) is 47.5 Å². The Balaban J connectivity index is 1.65. The van der Waals surface area contributed by atoms with E-state index in [1.54, 1.807) is 36.4 Å². The van der Waals surface area contributed by atoms with E-state index < -0.39 is 36.2 Å². The minimum Gasteiger partial charge on any atom is -0.497 e. The highest BCUT2D eigenvalue weighted by atomic mass is 19.4. The van der Waals surface area contributed by atoms with Gasteiger partial charge in [0.1, 0.15) is 11.8 Å². The summed E-state index contributed by atoms with van der Waals surface area (Å²) in [4.78, 5) is 25.0. The van der Waals surface area contributed by atoms with Crippen LogP contribution < -0.4 is 15.4 Å². The highest BCUT2D eigenvalue weighted by Gasteiger charge is 2.30. The topological polar surface area (TPSA) is 87.7 Å². The maximum absolute atomic E-state index is 12.7. The van der Waals surface area contributed by atoms with Gasteiger partial charge < -0.3 is 20.5 Å². The zero-order valence-corrected chi connectivity index (χ0v) is 17.5. The summed E-state index contributed by atoms with van der Waals surface area (Å²) in [5.41, 5.74) is 1.09. The number of anilines is 1. The van der Waals surface area contributed by atoms with Crippen LogP contribution in [-0.2, 0) is 11.0 Å². The Hall–Kier alpha value is -3.85. The normalized spacial score (nSPS) is 12.0. The predicted molar refractivity (Wildman–Crippen MR) is 117 cm³/mol. The monoisotopic (exact) mass is 458 g/mol. The molecule has 0 saturated heterocycles. The molecule has 3 N–H and O–H groups in total. The number of nitrogens with one attached hydrogen (secondary N) is 2. The number of carbonyl (C=O) groups excluding carboxylic acids is 2. The molecule has 0 radical (unpaired) electrons. The van der Waals surface area contributed by atoms with Crippen molar-refractivity contribution in [3.05, 3.63) is 83.9 Å². The lowest BCUT2D eigenvalue weighted by Gasteiger charge is -2.17. The first kappa shape index (κ1) is 23.8. The van der Waals surface area contributed by atoms with Crippen molar-refractivity contribution in [1.29, 1.82) is 0 Å². The summed E-state index contributed by atoms with van der Waals surface area (Å²) >= 11 is 0. The molecule has 0 saturated carbocycles. The van der Waals surface area contributed by atoms with E-state index in [9.17, 15) is 27.9 Å². The van der Waals surface area contributed by atoms with E-state index in [-0.39, 0.29) is 5.56 Å². The summed E-state index contributed by atoms with van der Waals surface area (Å²) in [6, 6.07) is 16.2. The van der Waals surface area contributed by atoms with Crippen molar-refractivity contribution in [2.45, 2.75) is 12.2 Å². The number of aliphatic hydroxyl groups excluding tert-OH is 1. The molecule has 0 aliphatic rings. The van der Waals surface area contributed by atoms with E-state index in [1.165, 1.54) is 31.4 Å². The van der Waals surface area contributed by atoms with Gasteiger partial charge in [0.2, 0.25) is 5.91 Å². The minimum absolute atomic E-state index is 0.221. The van der Waals surface area contributed by atoms with Crippen molar-refractivity contribution in [3.63, 3.8) is 0 Å². The quantitative estimate of drug-likeness (QED) is 0.497. The molecule has 1 unspecified atom stereocenters. The average Bonchev–Trinajstić information content (AvgIpc) is 2.82. The van der Waals surface area contributed by atoms with Gasteiger partial charge in [-0.2, -0.15) is 13.2 Å². The molecular weight excluding hydrogens is 437 g/mol. The molecule has 6 nitrogen and oxygen atoms in total. The average molecular weight is 458 g/mol. The van der Waals surface area contributed by atoms with Gasteiger partial charge in [0.15, 0.2) is 0 Å². The fourth-order valence-corrected chi connectivity index (χ4v) is 3.03. The van der Waals surface area contributed by atoms with Gasteiger partial charge in [-0.1, -0.05) is 30.3 Å². The third-order valence-electron chi connectivity index (χ3n) is 4.83. The second-order valence-corrected chi connectivity index (χ2v) is 7.08. The van der Waals surface area contributed by atoms with Crippen LogP contribution in [-0.4, -0.2) is 36.7 Å². The smallest absolute Gasteiger partial charge is 0.416 e. The summed E-state index contributed by atoms with van der Waals surface area (Å²) in [6.45, 7) is -0.620. The van der Waals surface area contributed by atoms with E-state index in [2.05, 4.69) is 10.6 Å². The lowest BCUT2D eigenvalue weighted by molar-refractivity contribution is -0.137. The summed E-state index contributed by atoms with van der Waals surface area (Å²) < 4.78 is 43.2. The largest absolute Gasteiger partial charge is 0.497 e. The number of amides is 2. The van der Waals surface area contributed by atoms with Crippen LogP contribution in [0.5, 0.6) is 5.75 Å². The first-order chi connectivity index (χ1) is 15.7. The highest BCUT2D eigenvalue weighted by Crippen LogP contribution is 2.31. The van der Waals surface area contributed by atoms with Gasteiger partial charge in [0.05, 0.1) is 19.3 Å². The number of benzene rings is 3. The van der Waals surface area contributed by atoms with Gasteiger partial charge >= 0.3 is 6.18 Å². The van der Waals surface area contributed by atoms with Gasteiger partial charge in [0.25, 0.3) is 5.91 Å². The van der Waals surface area contributed by atoms with E-state index in [4.69, 9.17) is 4.74 Å². The number of aliphatic hydroxyl groups is 1. The Morgan fingerprint density at radius 2 is 1.58 bits per heavy atom. The van der Waals surface area contributed by atoms with Crippen molar-refractivity contribution >= 4 is 17.5 Å². The standard InChI is InChI=1S/C24H21F3N2O4/c1-33-20-4-2-3-19(13-20)28-23(32)21(14-30)29-22(31)17-7-5-15(6-8-17)16-9-11-18(12-10-16)24(25,26)27/h2-13,21,30H,14H2,1H3,(H,28,32)(H,29,31). The van der Waals surface area contributed by atoms with Crippen molar-refractivity contribution < 1.29 is 32.6 Å². The Kier molecular flexibility index (Phi) is 7.34. The highest BCUT2D eigenvalue weighted by molar-refractivity contribution is 6.01. The Morgan fingerprint density at radius 3 is 2.12 bits per heavy atom. The van der Waals surface area contributed by atoms with Crippen LogP contribution >= 0.6 is 0 Å². The molecule has 3 aromatic carbocycles. The number of carbonyl (C=O) groups is 2. The SMILES string of the molecule is COc1cccc(NC(=O)C(CO)NC(=O)c2ccc(-c3ccc(C(F)(F)F)cc3)cc2)c1. The van der Waals surface area contributed by atoms with Crippen LogP contribution in [0.4, 0.5) is 18.9 Å². The van der Waals surface area contributed by atoms with Crippen molar-refractivity contribution in [2.24, 2.45) is 0 Å². The molecule has 0 aliphatic heterocycles. The van der Waals surface area contributed by atoms with Gasteiger partial charge in [0, 0.05) is 17.3 Å². The molecule has 0 aromatic heterocycles. The molecule has 1 atom stereocenters. The predicted octanol–water partition coefficient (Wildman–Crippen LogP) is 4.11. The third kappa shape index (κ3) is 6.11. The zero-order valence-electron chi connectivity index (χ0n) is 17.5. The lowest BCUT2D eigenvalue weighted by Crippen LogP contribution is -2.46. The van der Waals surface area contributed by atoms with Gasteiger partial charge in [-0.15, -0.1) is 0 Å². The molecule has 0 bridgehead atoms. The molecule has 3 rings (SSSR count). The summed E-state index contributed by atoms with van der Waals surface area (Å²) in [5.74, 6) is -0.667. The number of ether oxygens (including phenoxy) is 1. The molecule has 0 spiro atoms. The van der Waals surface area contributed by atoms with Crippen LogP contribution in [0.3, 0.4) is 0 Å². The summed E-state index contributed by atoms with van der Waals surface area (Å²) in [7, 11) is 1.49. The fraction of sp³-hybridized carbons (Fsp3) is 0.167. The number of hydrogen-bond acceptors (Lipinski definition) is 4. The summed E-state index contributed by atoms with van der Waals surface area (Å²) in [6.07, 6.45) is -4.41. The zero-order chi connectivity index (χ0) is 24.0. The molecule has 9 heteroatoms. The summed E-state index contributed by atoms with van der Waals surface area (Å²) in [5, 5.41) is 14.6. The Bertz CT molecular complexity index is 1110. The van der Waals surface area contributed by atoms with Crippen LogP contribution in [0.15, 0.2) is 72.8 Å². The van der Waals surface area contributed by atoms with Crippen LogP contribution in [0.25, 0.3) is 11.1 Å².